The standard InChI is InChI=1S/C13H11BrClNO3S2/c1-8-4-9(6-10(14)5-8)13(17)16-7-11-2-3-12(20-11)21(15,18)19/h2-6H,7H2,1H3,(H,16,17). The summed E-state index contributed by atoms with van der Waals surface area (Å²) in [5.41, 5.74) is 1.52. The van der Waals surface area contributed by atoms with Crippen molar-refractivity contribution >= 4 is 52.9 Å². The Labute approximate surface area is 139 Å². The van der Waals surface area contributed by atoms with Crippen molar-refractivity contribution < 1.29 is 13.2 Å². The first kappa shape index (κ1) is 16.5. The van der Waals surface area contributed by atoms with Gasteiger partial charge in [-0.15, -0.1) is 11.3 Å². The van der Waals surface area contributed by atoms with Gasteiger partial charge < -0.3 is 5.32 Å². The molecule has 0 radical (unpaired) electrons. The molecule has 1 amide bonds. The number of nitrogens with one attached hydrogen (secondary N) is 1. The van der Waals surface area contributed by atoms with Crippen LogP contribution in [0.3, 0.4) is 0 Å². The second-order valence-corrected chi connectivity index (χ2v) is 9.24. The topological polar surface area (TPSA) is 63.2 Å². The molecule has 0 fully saturated rings. The summed E-state index contributed by atoms with van der Waals surface area (Å²) in [6.07, 6.45) is 0. The number of carbonyl (C=O) groups excluding carboxylic acids is 1. The van der Waals surface area contributed by atoms with Gasteiger partial charge in [-0.05, 0) is 42.8 Å². The molecule has 1 heterocycles. The van der Waals surface area contributed by atoms with Gasteiger partial charge in [-0.3, -0.25) is 4.79 Å². The molecule has 0 atom stereocenters. The van der Waals surface area contributed by atoms with Crippen LogP contribution >= 0.6 is 37.9 Å². The normalized spacial score (nSPS) is 11.4. The first-order chi connectivity index (χ1) is 9.75. The third kappa shape index (κ3) is 4.54. The lowest BCUT2D eigenvalue weighted by molar-refractivity contribution is 0.0951. The highest BCUT2D eigenvalue weighted by atomic mass is 79.9. The van der Waals surface area contributed by atoms with Crippen LogP contribution < -0.4 is 5.32 Å². The molecule has 2 aromatic rings. The Kier molecular flexibility index (Phi) is 5.08. The summed E-state index contributed by atoms with van der Waals surface area (Å²) in [7, 11) is 1.54. The quantitative estimate of drug-likeness (QED) is 0.785. The summed E-state index contributed by atoms with van der Waals surface area (Å²) < 4.78 is 23.2. The Morgan fingerprint density at radius 1 is 1.33 bits per heavy atom. The van der Waals surface area contributed by atoms with Gasteiger partial charge in [-0.1, -0.05) is 15.9 Å². The van der Waals surface area contributed by atoms with Crippen LogP contribution in [0.25, 0.3) is 0 Å². The second kappa shape index (κ2) is 6.48. The maximum absolute atomic E-state index is 12.1. The minimum atomic E-state index is -3.71. The Morgan fingerprint density at radius 3 is 2.62 bits per heavy atom. The number of thiophene rings is 1. The fraction of sp³-hybridized carbons (Fsp3) is 0.154. The number of aryl methyl sites for hydroxylation is 1. The number of carbonyl (C=O) groups is 1. The highest BCUT2D eigenvalue weighted by Gasteiger charge is 2.14. The predicted octanol–water partition coefficient (Wildman–Crippen LogP) is 3.68. The van der Waals surface area contributed by atoms with Crippen LogP contribution in [0.15, 0.2) is 39.0 Å². The third-order valence-corrected chi connectivity index (χ3v) is 6.24. The number of hydrogen-bond donors (Lipinski definition) is 1. The van der Waals surface area contributed by atoms with Gasteiger partial charge in [0.15, 0.2) is 0 Å². The van der Waals surface area contributed by atoms with Crippen molar-refractivity contribution in [3.63, 3.8) is 0 Å². The Bertz CT molecular complexity index is 766. The van der Waals surface area contributed by atoms with Gasteiger partial charge in [0.05, 0.1) is 6.54 Å². The van der Waals surface area contributed by atoms with Crippen LogP contribution in [0.4, 0.5) is 0 Å². The summed E-state index contributed by atoms with van der Waals surface area (Å²) in [6, 6.07) is 8.48. The van der Waals surface area contributed by atoms with Crippen LogP contribution in [-0.4, -0.2) is 14.3 Å². The molecule has 8 heteroatoms. The monoisotopic (exact) mass is 407 g/mol. The Morgan fingerprint density at radius 2 is 2.05 bits per heavy atom. The van der Waals surface area contributed by atoms with Gasteiger partial charge in [-0.2, -0.15) is 0 Å². The van der Waals surface area contributed by atoms with Crippen LogP contribution in [-0.2, 0) is 15.6 Å². The predicted molar refractivity (Wildman–Crippen MR) is 87.4 cm³/mol. The fourth-order valence-electron chi connectivity index (χ4n) is 1.72. The van der Waals surface area contributed by atoms with Gasteiger partial charge in [0.1, 0.15) is 4.21 Å². The van der Waals surface area contributed by atoms with E-state index in [1.54, 1.807) is 18.2 Å². The van der Waals surface area contributed by atoms with Crippen molar-refractivity contribution in [2.24, 2.45) is 0 Å². The molecule has 0 aliphatic carbocycles. The lowest BCUT2D eigenvalue weighted by Crippen LogP contribution is -2.22. The fourth-order valence-corrected chi connectivity index (χ4v) is 4.39. The van der Waals surface area contributed by atoms with E-state index in [4.69, 9.17) is 10.7 Å². The molecule has 0 unspecified atom stereocenters. The zero-order valence-corrected chi connectivity index (χ0v) is 14.9. The first-order valence-corrected chi connectivity index (χ1v) is 9.76. The molecular weight excluding hydrogens is 398 g/mol. The minimum absolute atomic E-state index is 0.0757. The molecule has 0 bridgehead atoms. The van der Waals surface area contributed by atoms with E-state index in [-0.39, 0.29) is 16.7 Å². The maximum atomic E-state index is 12.1. The van der Waals surface area contributed by atoms with Gasteiger partial charge in [-0.25, -0.2) is 8.42 Å². The highest BCUT2D eigenvalue weighted by Crippen LogP contribution is 2.24. The Balaban J connectivity index is 2.06. The zero-order valence-electron chi connectivity index (χ0n) is 10.9. The zero-order chi connectivity index (χ0) is 15.6. The maximum Gasteiger partial charge on any atom is 0.270 e. The van der Waals surface area contributed by atoms with Crippen molar-refractivity contribution in [2.75, 3.05) is 0 Å². The number of hydrogen-bond acceptors (Lipinski definition) is 4. The van der Waals surface area contributed by atoms with Crippen molar-refractivity contribution in [1.29, 1.82) is 0 Å². The summed E-state index contributed by atoms with van der Waals surface area (Å²) >= 11 is 4.38. The summed E-state index contributed by atoms with van der Waals surface area (Å²) in [5, 5.41) is 2.75. The number of benzene rings is 1. The smallest absolute Gasteiger partial charge is 0.270 e. The molecular formula is C13H11BrClNO3S2. The third-order valence-electron chi connectivity index (χ3n) is 2.60. The second-order valence-electron chi connectivity index (χ2n) is 4.36. The molecule has 0 saturated carbocycles. The Hall–Kier alpha value is -0.890. The summed E-state index contributed by atoms with van der Waals surface area (Å²) in [5.74, 6) is -0.219. The molecule has 2 rings (SSSR count). The van der Waals surface area contributed by atoms with Crippen molar-refractivity contribution in [3.8, 4) is 0 Å². The van der Waals surface area contributed by atoms with Crippen LogP contribution in [0.5, 0.6) is 0 Å². The molecule has 0 aliphatic heterocycles. The lowest BCUT2D eigenvalue weighted by atomic mass is 10.1. The van der Waals surface area contributed by atoms with Gasteiger partial charge in [0.2, 0.25) is 0 Å². The van der Waals surface area contributed by atoms with E-state index in [0.29, 0.717) is 10.4 Å². The largest absolute Gasteiger partial charge is 0.347 e. The van der Waals surface area contributed by atoms with E-state index in [0.717, 1.165) is 21.4 Å². The average molecular weight is 409 g/mol. The molecule has 1 N–H and O–H groups in total. The molecule has 0 spiro atoms. The molecule has 21 heavy (non-hydrogen) atoms. The van der Waals surface area contributed by atoms with Crippen molar-refractivity contribution in [1.82, 2.24) is 5.32 Å². The van der Waals surface area contributed by atoms with E-state index >= 15 is 0 Å². The average Bonchev–Trinajstić information content (AvgIpc) is 2.83. The summed E-state index contributed by atoms with van der Waals surface area (Å²) in [6.45, 7) is 2.15. The summed E-state index contributed by atoms with van der Waals surface area (Å²) in [4.78, 5) is 12.8. The molecule has 0 saturated heterocycles. The highest BCUT2D eigenvalue weighted by molar-refractivity contribution is 9.10. The van der Waals surface area contributed by atoms with E-state index in [9.17, 15) is 13.2 Å². The van der Waals surface area contributed by atoms with Crippen molar-refractivity contribution in [2.45, 2.75) is 17.7 Å². The van der Waals surface area contributed by atoms with Gasteiger partial charge in [0.25, 0.3) is 15.0 Å². The lowest BCUT2D eigenvalue weighted by Gasteiger charge is -2.05. The van der Waals surface area contributed by atoms with Gasteiger partial charge in [0, 0.05) is 25.6 Å². The number of halogens is 2. The molecule has 1 aromatic heterocycles. The number of rotatable bonds is 4. The van der Waals surface area contributed by atoms with Gasteiger partial charge >= 0.3 is 0 Å². The van der Waals surface area contributed by atoms with E-state index in [2.05, 4.69) is 21.2 Å². The van der Waals surface area contributed by atoms with E-state index in [1.807, 2.05) is 13.0 Å². The molecule has 112 valence electrons. The van der Waals surface area contributed by atoms with E-state index in [1.165, 1.54) is 6.07 Å². The van der Waals surface area contributed by atoms with E-state index < -0.39 is 9.05 Å². The minimum Gasteiger partial charge on any atom is -0.347 e. The number of amides is 1. The molecule has 1 aromatic carbocycles. The first-order valence-electron chi connectivity index (χ1n) is 5.84. The van der Waals surface area contributed by atoms with Crippen molar-refractivity contribution in [3.05, 3.63) is 50.8 Å². The van der Waals surface area contributed by atoms with Crippen LogP contribution in [0, 0.1) is 6.92 Å². The molecule has 4 nitrogen and oxygen atoms in total. The molecule has 0 aliphatic rings. The van der Waals surface area contributed by atoms with Crippen LogP contribution in [0.2, 0.25) is 0 Å². The van der Waals surface area contributed by atoms with Crippen LogP contribution in [0.1, 0.15) is 20.8 Å². The SMILES string of the molecule is Cc1cc(Br)cc(C(=O)NCc2ccc(S(=O)(=O)Cl)s2)c1.